The van der Waals surface area contributed by atoms with Gasteiger partial charge in [0.2, 0.25) is 0 Å². The molecule has 0 bridgehead atoms. The lowest BCUT2D eigenvalue weighted by molar-refractivity contribution is -0.0628. The number of hydrogen-bond acceptors (Lipinski definition) is 5. The molecule has 1 saturated carbocycles. The number of thiophene rings is 1. The van der Waals surface area contributed by atoms with E-state index >= 15 is 4.39 Å². The van der Waals surface area contributed by atoms with Gasteiger partial charge in [0, 0.05) is 22.7 Å². The maximum absolute atomic E-state index is 15.1. The number of fused-ring (bicyclic) bond motifs is 3. The van der Waals surface area contributed by atoms with Crippen LogP contribution in [-0.2, 0) is 5.41 Å². The van der Waals surface area contributed by atoms with E-state index in [4.69, 9.17) is 4.74 Å². The van der Waals surface area contributed by atoms with Gasteiger partial charge < -0.3 is 15.2 Å². The van der Waals surface area contributed by atoms with Gasteiger partial charge in [-0.05, 0) is 50.8 Å². The first kappa shape index (κ1) is 18.4. The number of rotatable bonds is 3. The van der Waals surface area contributed by atoms with Crippen molar-refractivity contribution in [2.45, 2.75) is 56.6 Å². The third-order valence-electron chi connectivity index (χ3n) is 6.61. The molecule has 2 aliphatic rings. The van der Waals surface area contributed by atoms with Crippen LogP contribution in [0.25, 0.3) is 10.4 Å². The zero-order chi connectivity index (χ0) is 19.6. The number of methoxy groups -OCH3 is 1. The number of anilines is 1. The largest absolute Gasteiger partial charge is 0.495 e. The van der Waals surface area contributed by atoms with Gasteiger partial charge in [-0.3, -0.25) is 4.79 Å². The van der Waals surface area contributed by atoms with Gasteiger partial charge in [0.25, 0.3) is 0 Å². The fourth-order valence-electron chi connectivity index (χ4n) is 5.08. The van der Waals surface area contributed by atoms with Crippen LogP contribution in [0.15, 0.2) is 18.2 Å². The van der Waals surface area contributed by atoms with Gasteiger partial charge >= 0.3 is 0 Å². The molecule has 27 heavy (non-hydrogen) atoms. The molecule has 1 aromatic carbocycles. The van der Waals surface area contributed by atoms with Crippen molar-refractivity contribution in [3.8, 4) is 16.2 Å². The van der Waals surface area contributed by atoms with Crippen molar-refractivity contribution in [1.82, 2.24) is 0 Å². The second-order valence-electron chi connectivity index (χ2n) is 8.34. The number of nitrogens with one attached hydrogen (secondary N) is 1. The predicted molar refractivity (Wildman–Crippen MR) is 106 cm³/mol. The van der Waals surface area contributed by atoms with Crippen molar-refractivity contribution >= 4 is 23.3 Å². The molecule has 4 nitrogen and oxygen atoms in total. The molecular formula is C21H24FNO3S. The number of carbonyl (C=O) groups is 1. The number of ether oxygens (including phenoxy) is 1. The van der Waals surface area contributed by atoms with Crippen LogP contribution in [0, 0.1) is 5.82 Å². The monoisotopic (exact) mass is 389 g/mol. The highest BCUT2D eigenvalue weighted by molar-refractivity contribution is 7.17. The average Bonchev–Trinajstić information content (AvgIpc) is 3.17. The Morgan fingerprint density at radius 1 is 1.26 bits per heavy atom. The lowest BCUT2D eigenvalue weighted by atomic mass is 9.60. The summed E-state index contributed by atoms with van der Waals surface area (Å²) in [6.45, 7) is 6.03. The molecule has 1 aromatic heterocycles. The molecular weight excluding hydrogens is 365 g/mol. The van der Waals surface area contributed by atoms with E-state index in [1.165, 1.54) is 24.5 Å². The summed E-state index contributed by atoms with van der Waals surface area (Å²) in [5.74, 6) is 0.110. The van der Waals surface area contributed by atoms with Gasteiger partial charge in [-0.2, -0.15) is 0 Å². The third-order valence-corrected chi connectivity index (χ3v) is 7.68. The summed E-state index contributed by atoms with van der Waals surface area (Å²) < 4.78 is 20.4. The van der Waals surface area contributed by atoms with Crippen molar-refractivity contribution < 1.29 is 19.0 Å². The highest BCUT2D eigenvalue weighted by Gasteiger charge is 2.62. The molecule has 6 heteroatoms. The van der Waals surface area contributed by atoms with Gasteiger partial charge in [0.15, 0.2) is 6.29 Å². The standard InChI is InChI=1S/C21H24FNO3S/c1-19(2)21(25)7-5-6-20(21,3)14-9-13(15(22)10-16(14)23-19)18-17(26-4)8-12(11-24)27-18/h8-11,23,25H,5-7H2,1-4H3. The topological polar surface area (TPSA) is 58.6 Å². The summed E-state index contributed by atoms with van der Waals surface area (Å²) >= 11 is 1.21. The molecule has 1 fully saturated rings. The maximum Gasteiger partial charge on any atom is 0.160 e. The first-order valence-corrected chi connectivity index (χ1v) is 9.96. The normalized spacial score (nSPS) is 28.2. The van der Waals surface area contributed by atoms with Crippen LogP contribution in [0.5, 0.6) is 5.75 Å². The summed E-state index contributed by atoms with van der Waals surface area (Å²) in [5, 5.41) is 15.0. The van der Waals surface area contributed by atoms with Gasteiger partial charge in [0.05, 0.1) is 28.0 Å². The molecule has 2 unspecified atom stereocenters. The van der Waals surface area contributed by atoms with E-state index in [2.05, 4.69) is 12.2 Å². The van der Waals surface area contributed by atoms with Gasteiger partial charge in [-0.1, -0.05) is 6.92 Å². The van der Waals surface area contributed by atoms with Crippen LogP contribution >= 0.6 is 11.3 Å². The van der Waals surface area contributed by atoms with Crippen LogP contribution in [0.3, 0.4) is 0 Å². The lowest BCUT2D eigenvalue weighted by Crippen LogP contribution is -2.65. The summed E-state index contributed by atoms with van der Waals surface area (Å²) in [5.41, 5.74) is 0.0842. The van der Waals surface area contributed by atoms with Crippen LogP contribution in [-0.4, -0.2) is 29.6 Å². The first-order chi connectivity index (χ1) is 12.7. The van der Waals surface area contributed by atoms with Crippen molar-refractivity contribution in [2.24, 2.45) is 0 Å². The SMILES string of the molecule is COc1cc(C=O)sc1-c1cc2c(cc1F)NC(C)(C)C1(O)CCCC21C. The average molecular weight is 389 g/mol. The van der Waals surface area contributed by atoms with Crippen LogP contribution < -0.4 is 10.1 Å². The Kier molecular flexibility index (Phi) is 3.95. The summed E-state index contributed by atoms with van der Waals surface area (Å²) in [6, 6.07) is 4.96. The van der Waals surface area contributed by atoms with Crippen molar-refractivity contribution in [2.75, 3.05) is 12.4 Å². The fraction of sp³-hybridized carbons (Fsp3) is 0.476. The minimum absolute atomic E-state index is 0.373. The molecule has 2 atom stereocenters. The Bertz CT molecular complexity index is 938. The highest BCUT2D eigenvalue weighted by Crippen LogP contribution is 2.59. The quantitative estimate of drug-likeness (QED) is 0.744. The zero-order valence-electron chi connectivity index (χ0n) is 16.0. The molecule has 2 heterocycles. The molecule has 0 spiro atoms. The van der Waals surface area contributed by atoms with Crippen molar-refractivity contribution in [3.05, 3.63) is 34.5 Å². The summed E-state index contributed by atoms with van der Waals surface area (Å²) in [7, 11) is 1.51. The van der Waals surface area contributed by atoms with Crippen LogP contribution in [0.4, 0.5) is 10.1 Å². The lowest BCUT2D eigenvalue weighted by Gasteiger charge is -2.55. The van der Waals surface area contributed by atoms with E-state index in [0.29, 0.717) is 27.5 Å². The number of halogens is 1. The smallest absolute Gasteiger partial charge is 0.160 e. The number of hydrogen-bond donors (Lipinski definition) is 2. The van der Waals surface area contributed by atoms with Gasteiger partial charge in [-0.15, -0.1) is 11.3 Å². The minimum atomic E-state index is -0.921. The Morgan fingerprint density at radius 3 is 2.67 bits per heavy atom. The van der Waals surface area contributed by atoms with E-state index in [0.717, 1.165) is 30.4 Å². The second-order valence-corrected chi connectivity index (χ2v) is 9.42. The Hall–Kier alpha value is -1.92. The van der Waals surface area contributed by atoms with E-state index in [-0.39, 0.29) is 5.82 Å². The van der Waals surface area contributed by atoms with E-state index < -0.39 is 16.6 Å². The molecule has 2 aromatic rings. The predicted octanol–water partition coefficient (Wildman–Crippen LogP) is 4.75. The Balaban J connectivity index is 1.95. The van der Waals surface area contributed by atoms with Crippen molar-refractivity contribution in [3.63, 3.8) is 0 Å². The van der Waals surface area contributed by atoms with Gasteiger partial charge in [0.1, 0.15) is 11.6 Å². The second kappa shape index (κ2) is 5.79. The molecule has 0 radical (unpaired) electrons. The van der Waals surface area contributed by atoms with E-state index in [1.807, 2.05) is 19.9 Å². The molecule has 1 aliphatic carbocycles. The number of benzene rings is 1. The van der Waals surface area contributed by atoms with E-state index in [9.17, 15) is 9.90 Å². The maximum atomic E-state index is 15.1. The third kappa shape index (κ3) is 2.32. The molecule has 4 rings (SSSR count). The van der Waals surface area contributed by atoms with Crippen molar-refractivity contribution in [1.29, 1.82) is 0 Å². The summed E-state index contributed by atoms with van der Waals surface area (Å²) in [6.07, 6.45) is 3.21. The minimum Gasteiger partial charge on any atom is -0.495 e. The number of aldehydes is 1. The summed E-state index contributed by atoms with van der Waals surface area (Å²) in [4.78, 5) is 12.2. The Morgan fingerprint density at radius 2 is 2.00 bits per heavy atom. The molecule has 2 N–H and O–H groups in total. The molecule has 144 valence electrons. The van der Waals surface area contributed by atoms with Crippen LogP contribution in [0.2, 0.25) is 0 Å². The zero-order valence-corrected chi connectivity index (χ0v) is 16.8. The Labute approximate surface area is 162 Å². The highest BCUT2D eigenvalue weighted by atomic mass is 32.1. The van der Waals surface area contributed by atoms with Gasteiger partial charge in [-0.25, -0.2) is 4.39 Å². The number of carbonyl (C=O) groups excluding carboxylic acids is 1. The first-order valence-electron chi connectivity index (χ1n) is 9.15. The number of aliphatic hydroxyl groups is 1. The molecule has 0 amide bonds. The fourth-order valence-corrected chi connectivity index (χ4v) is 6.04. The molecule has 0 saturated heterocycles. The molecule has 1 aliphatic heterocycles. The van der Waals surface area contributed by atoms with E-state index in [1.54, 1.807) is 6.07 Å². The van der Waals surface area contributed by atoms with Crippen LogP contribution in [0.1, 0.15) is 55.3 Å².